The van der Waals surface area contributed by atoms with Gasteiger partial charge in [-0.15, -0.1) is 0 Å². The van der Waals surface area contributed by atoms with Crippen LogP contribution in [0.15, 0.2) is 79.3 Å². The van der Waals surface area contributed by atoms with Gasteiger partial charge in [-0.3, -0.25) is 9.78 Å². The van der Waals surface area contributed by atoms with E-state index in [9.17, 15) is 15.0 Å². The van der Waals surface area contributed by atoms with Crippen molar-refractivity contribution in [3.63, 3.8) is 0 Å². The average molecular weight is 522 g/mol. The molecule has 0 atom stereocenters. The molecule has 1 saturated heterocycles. The topological polar surface area (TPSA) is 124 Å². The van der Waals surface area contributed by atoms with E-state index in [4.69, 9.17) is 4.74 Å². The van der Waals surface area contributed by atoms with Crippen LogP contribution in [0.2, 0.25) is 0 Å². The van der Waals surface area contributed by atoms with Crippen LogP contribution in [0.4, 0.5) is 0 Å². The zero-order valence-corrected chi connectivity index (χ0v) is 21.3. The van der Waals surface area contributed by atoms with Crippen molar-refractivity contribution in [3.05, 3.63) is 90.4 Å². The number of hydrogen-bond acceptors (Lipinski definition) is 7. The Kier molecular flexibility index (Phi) is 6.20. The highest BCUT2D eigenvalue weighted by molar-refractivity contribution is 5.98. The summed E-state index contributed by atoms with van der Waals surface area (Å²) in [5, 5.41) is 21.7. The molecule has 9 heteroatoms. The minimum Gasteiger partial charge on any atom is -0.507 e. The van der Waals surface area contributed by atoms with Gasteiger partial charge in [-0.1, -0.05) is 12.1 Å². The number of hydrogen-bond donors (Lipinski definition) is 3. The summed E-state index contributed by atoms with van der Waals surface area (Å²) in [4.78, 5) is 31.4. The van der Waals surface area contributed by atoms with Gasteiger partial charge in [0, 0.05) is 48.4 Å². The molecule has 1 aliphatic heterocycles. The Balaban J connectivity index is 1.25. The third-order valence-electron chi connectivity index (χ3n) is 7.33. The van der Waals surface area contributed by atoms with Crippen molar-refractivity contribution in [2.45, 2.75) is 18.4 Å². The quantitative estimate of drug-likeness (QED) is 0.310. The number of aliphatic hydroxyl groups is 1. The van der Waals surface area contributed by atoms with Gasteiger partial charge in [0.15, 0.2) is 0 Å². The van der Waals surface area contributed by atoms with Crippen LogP contribution in [0, 0.1) is 0 Å². The number of pyridine rings is 2. The van der Waals surface area contributed by atoms with Crippen molar-refractivity contribution < 1.29 is 19.7 Å². The number of nitrogens with zero attached hydrogens (tertiary/aromatic N) is 4. The van der Waals surface area contributed by atoms with Gasteiger partial charge >= 0.3 is 0 Å². The van der Waals surface area contributed by atoms with E-state index in [2.05, 4.69) is 19.9 Å². The summed E-state index contributed by atoms with van der Waals surface area (Å²) in [5.41, 5.74) is 3.82. The molecule has 39 heavy (non-hydrogen) atoms. The first kappa shape index (κ1) is 24.6. The summed E-state index contributed by atoms with van der Waals surface area (Å²) in [6.07, 6.45) is 5.91. The standard InChI is InChI=1S/C30H27N5O4/c1-39-28-22(5-3-13-32-28)19-7-9-26(36)23(16-19)27-33-24-8-6-20(17-25(24)34-27)29(37)35-14-10-30(38,11-15-35)21-4-2-12-31-18-21/h2-9,12-13,16-18,36,38H,10-11,14-15H2,1H3,(H,33,34). The average Bonchev–Trinajstić information content (AvgIpc) is 3.41. The molecule has 3 aromatic heterocycles. The lowest BCUT2D eigenvalue weighted by atomic mass is 9.85. The third-order valence-corrected chi connectivity index (χ3v) is 7.33. The van der Waals surface area contributed by atoms with Crippen molar-refractivity contribution in [3.8, 4) is 34.1 Å². The predicted octanol–water partition coefficient (Wildman–Crippen LogP) is 4.52. The summed E-state index contributed by atoms with van der Waals surface area (Å²) in [6.45, 7) is 0.879. The summed E-state index contributed by atoms with van der Waals surface area (Å²) in [5.74, 6) is 0.941. The number of H-pyrrole nitrogens is 1. The van der Waals surface area contributed by atoms with Gasteiger partial charge in [0.25, 0.3) is 5.91 Å². The number of likely N-dealkylation sites (tertiary alicyclic amines) is 1. The van der Waals surface area contributed by atoms with E-state index in [1.54, 1.807) is 60.9 Å². The number of nitrogens with one attached hydrogen (secondary N) is 1. The Morgan fingerprint density at radius 3 is 2.62 bits per heavy atom. The van der Waals surface area contributed by atoms with Crippen molar-refractivity contribution in [2.24, 2.45) is 0 Å². The number of aromatic nitrogens is 4. The maximum absolute atomic E-state index is 13.3. The minimum atomic E-state index is -0.982. The molecule has 0 radical (unpaired) electrons. The second-order valence-corrected chi connectivity index (χ2v) is 9.67. The van der Waals surface area contributed by atoms with Crippen LogP contribution in [0.25, 0.3) is 33.5 Å². The van der Waals surface area contributed by atoms with E-state index in [0.717, 1.165) is 16.7 Å². The zero-order chi connectivity index (χ0) is 27.0. The molecule has 0 bridgehead atoms. The summed E-state index contributed by atoms with van der Waals surface area (Å²) >= 11 is 0. The minimum absolute atomic E-state index is 0.0754. The van der Waals surface area contributed by atoms with Crippen LogP contribution in [-0.4, -0.2) is 61.2 Å². The fraction of sp³-hybridized carbons (Fsp3) is 0.200. The molecule has 0 saturated carbocycles. The maximum atomic E-state index is 13.3. The third kappa shape index (κ3) is 4.57. The van der Waals surface area contributed by atoms with E-state index in [0.29, 0.717) is 59.8 Å². The van der Waals surface area contributed by atoms with E-state index in [-0.39, 0.29) is 11.7 Å². The number of aromatic hydroxyl groups is 1. The summed E-state index contributed by atoms with van der Waals surface area (Å²) in [6, 6.07) is 18.0. The highest BCUT2D eigenvalue weighted by Gasteiger charge is 2.35. The number of imidazole rings is 1. The number of amides is 1. The SMILES string of the molecule is COc1ncccc1-c1ccc(O)c(-c2nc3ccc(C(=O)N4CCC(O)(c5cccnc5)CC4)cc3[nH]2)c1. The lowest BCUT2D eigenvalue weighted by Gasteiger charge is -2.38. The highest BCUT2D eigenvalue weighted by atomic mass is 16.5. The van der Waals surface area contributed by atoms with Crippen LogP contribution < -0.4 is 4.74 Å². The van der Waals surface area contributed by atoms with E-state index in [1.807, 2.05) is 30.3 Å². The van der Waals surface area contributed by atoms with E-state index in [1.165, 1.54) is 0 Å². The van der Waals surface area contributed by atoms with Crippen molar-refractivity contribution in [2.75, 3.05) is 20.2 Å². The van der Waals surface area contributed by atoms with Gasteiger partial charge in [-0.05, 0) is 66.9 Å². The number of methoxy groups -OCH3 is 1. The molecular formula is C30H27N5O4. The molecule has 4 heterocycles. The van der Waals surface area contributed by atoms with Gasteiger partial charge in [0.2, 0.25) is 5.88 Å². The fourth-order valence-corrected chi connectivity index (χ4v) is 5.13. The van der Waals surface area contributed by atoms with Crippen LogP contribution >= 0.6 is 0 Å². The molecule has 1 fully saturated rings. The molecule has 1 amide bonds. The second-order valence-electron chi connectivity index (χ2n) is 9.67. The molecule has 2 aromatic carbocycles. The monoisotopic (exact) mass is 521 g/mol. The zero-order valence-electron chi connectivity index (χ0n) is 21.3. The number of benzene rings is 2. The molecule has 196 valence electrons. The fourth-order valence-electron chi connectivity index (χ4n) is 5.13. The van der Waals surface area contributed by atoms with Crippen LogP contribution in [0.1, 0.15) is 28.8 Å². The number of aromatic amines is 1. The first-order valence-corrected chi connectivity index (χ1v) is 12.7. The van der Waals surface area contributed by atoms with Crippen molar-refractivity contribution >= 4 is 16.9 Å². The number of ether oxygens (including phenoxy) is 1. The first-order chi connectivity index (χ1) is 18.9. The van der Waals surface area contributed by atoms with Crippen molar-refractivity contribution in [1.82, 2.24) is 24.8 Å². The first-order valence-electron chi connectivity index (χ1n) is 12.7. The second kappa shape index (κ2) is 9.85. The predicted molar refractivity (Wildman–Crippen MR) is 146 cm³/mol. The lowest BCUT2D eigenvalue weighted by molar-refractivity contribution is -0.0213. The smallest absolute Gasteiger partial charge is 0.253 e. The van der Waals surface area contributed by atoms with Crippen LogP contribution in [-0.2, 0) is 5.60 Å². The number of rotatable bonds is 5. The molecule has 5 aromatic rings. The van der Waals surface area contributed by atoms with Gasteiger partial charge in [0.05, 0.1) is 29.3 Å². The summed E-state index contributed by atoms with van der Waals surface area (Å²) in [7, 11) is 1.57. The van der Waals surface area contributed by atoms with E-state index < -0.39 is 5.60 Å². The normalized spacial score (nSPS) is 14.9. The lowest BCUT2D eigenvalue weighted by Crippen LogP contribution is -2.45. The number of fused-ring (bicyclic) bond motifs is 1. The van der Waals surface area contributed by atoms with Gasteiger partial charge in [-0.25, -0.2) is 9.97 Å². The van der Waals surface area contributed by atoms with Crippen LogP contribution in [0.3, 0.4) is 0 Å². The van der Waals surface area contributed by atoms with E-state index >= 15 is 0 Å². The molecule has 0 spiro atoms. The Morgan fingerprint density at radius 2 is 1.85 bits per heavy atom. The maximum Gasteiger partial charge on any atom is 0.253 e. The number of carbonyl (C=O) groups excluding carboxylic acids is 1. The highest BCUT2D eigenvalue weighted by Crippen LogP contribution is 2.36. The van der Waals surface area contributed by atoms with Crippen molar-refractivity contribution in [1.29, 1.82) is 0 Å². The molecule has 0 unspecified atom stereocenters. The summed E-state index contributed by atoms with van der Waals surface area (Å²) < 4.78 is 5.39. The number of carbonyl (C=O) groups is 1. The Labute approximate surface area is 224 Å². The Bertz CT molecular complexity index is 1660. The largest absolute Gasteiger partial charge is 0.507 e. The molecule has 1 aliphatic rings. The molecule has 0 aliphatic carbocycles. The number of piperidine rings is 1. The Morgan fingerprint density at radius 1 is 1.03 bits per heavy atom. The van der Waals surface area contributed by atoms with Gasteiger partial charge in [0.1, 0.15) is 11.6 Å². The van der Waals surface area contributed by atoms with Gasteiger partial charge < -0.3 is 24.8 Å². The molecule has 6 rings (SSSR count). The Hall–Kier alpha value is -4.76. The molecule has 3 N–H and O–H groups in total. The number of phenols is 1. The molecule has 9 nitrogen and oxygen atoms in total. The number of phenolic OH excluding ortho intramolecular Hbond substituents is 1. The van der Waals surface area contributed by atoms with Crippen LogP contribution in [0.5, 0.6) is 11.6 Å². The van der Waals surface area contributed by atoms with Gasteiger partial charge in [-0.2, -0.15) is 0 Å². The molecular weight excluding hydrogens is 494 g/mol.